The fourth-order valence-electron chi connectivity index (χ4n) is 2.90. The third-order valence-electron chi connectivity index (χ3n) is 4.26. The number of hydrogen-bond donors (Lipinski definition) is 0. The van der Waals surface area contributed by atoms with Gasteiger partial charge in [-0.25, -0.2) is 0 Å². The number of aryl methyl sites for hydroxylation is 2. The Balaban J connectivity index is 1.58. The molecule has 0 saturated heterocycles. The zero-order valence-electron chi connectivity index (χ0n) is 15.1. The van der Waals surface area contributed by atoms with Gasteiger partial charge in [0.1, 0.15) is 5.76 Å². The number of aromatic nitrogens is 4. The fraction of sp³-hybridized carbons (Fsp3) is 0.190. The lowest BCUT2D eigenvalue weighted by molar-refractivity contribution is 0.485. The van der Waals surface area contributed by atoms with Crippen molar-refractivity contribution in [2.75, 3.05) is 5.75 Å². The molecule has 0 bridgehead atoms. The molecule has 0 unspecified atom stereocenters. The molecule has 27 heavy (non-hydrogen) atoms. The molecule has 0 atom stereocenters. The first-order valence-electron chi connectivity index (χ1n) is 8.84. The Morgan fingerprint density at radius 2 is 1.93 bits per heavy atom. The van der Waals surface area contributed by atoms with Crippen LogP contribution in [-0.4, -0.2) is 25.5 Å². The Morgan fingerprint density at radius 3 is 2.70 bits per heavy atom. The van der Waals surface area contributed by atoms with Crippen LogP contribution in [0.25, 0.3) is 11.4 Å². The topological polar surface area (TPSA) is 56.7 Å². The molecule has 0 saturated carbocycles. The van der Waals surface area contributed by atoms with E-state index in [0.29, 0.717) is 6.54 Å². The first-order chi connectivity index (χ1) is 13.3. The predicted octanol–water partition coefficient (Wildman–Crippen LogP) is 4.62. The number of thioether (sulfide) groups is 1. The second kappa shape index (κ2) is 8.22. The molecule has 4 rings (SSSR count). The normalized spacial score (nSPS) is 11.0. The molecule has 0 N–H and O–H groups in total. The van der Waals surface area contributed by atoms with Crippen molar-refractivity contribution in [1.29, 1.82) is 0 Å². The van der Waals surface area contributed by atoms with Gasteiger partial charge in [-0.1, -0.05) is 35.5 Å². The third kappa shape index (κ3) is 4.28. The van der Waals surface area contributed by atoms with E-state index in [2.05, 4.69) is 44.9 Å². The van der Waals surface area contributed by atoms with Gasteiger partial charge < -0.3 is 4.42 Å². The van der Waals surface area contributed by atoms with Gasteiger partial charge >= 0.3 is 0 Å². The summed E-state index contributed by atoms with van der Waals surface area (Å²) in [4.78, 5) is 4.07. The molecule has 136 valence electrons. The number of pyridine rings is 1. The number of hydrogen-bond acceptors (Lipinski definition) is 5. The summed E-state index contributed by atoms with van der Waals surface area (Å²) in [6, 6.07) is 16.3. The molecule has 6 heteroatoms. The van der Waals surface area contributed by atoms with Gasteiger partial charge in [-0.05, 0) is 49.2 Å². The summed E-state index contributed by atoms with van der Waals surface area (Å²) in [5.41, 5.74) is 3.54. The van der Waals surface area contributed by atoms with Crippen molar-refractivity contribution in [3.05, 3.63) is 84.1 Å². The number of nitrogens with zero attached hydrogens (tertiary/aromatic N) is 4. The van der Waals surface area contributed by atoms with Gasteiger partial charge in [0.05, 0.1) is 12.8 Å². The standard InChI is InChI=1S/C21H20N4OS/c1-16-4-2-5-18(14-16)20-23-24-21(25(20)15-19-6-3-12-26-19)27-13-9-17-7-10-22-11-8-17/h2-8,10-12,14H,9,13,15H2,1H3. The van der Waals surface area contributed by atoms with Crippen molar-refractivity contribution in [3.8, 4) is 11.4 Å². The smallest absolute Gasteiger partial charge is 0.191 e. The van der Waals surface area contributed by atoms with E-state index in [9.17, 15) is 0 Å². The van der Waals surface area contributed by atoms with Crippen LogP contribution in [0.2, 0.25) is 0 Å². The Labute approximate surface area is 162 Å². The summed E-state index contributed by atoms with van der Waals surface area (Å²) < 4.78 is 7.69. The van der Waals surface area contributed by atoms with Crippen molar-refractivity contribution in [2.24, 2.45) is 0 Å². The highest BCUT2D eigenvalue weighted by Crippen LogP contribution is 2.26. The average molecular weight is 376 g/mol. The van der Waals surface area contributed by atoms with Gasteiger partial charge in [0.25, 0.3) is 0 Å². The molecule has 0 fully saturated rings. The molecular weight excluding hydrogens is 356 g/mol. The summed E-state index contributed by atoms with van der Waals surface area (Å²) in [5, 5.41) is 9.83. The molecule has 0 aliphatic heterocycles. The molecule has 0 radical (unpaired) electrons. The van der Waals surface area contributed by atoms with E-state index in [1.807, 2.05) is 42.7 Å². The zero-order chi connectivity index (χ0) is 18.5. The highest BCUT2D eigenvalue weighted by Gasteiger charge is 2.16. The maximum Gasteiger partial charge on any atom is 0.191 e. The number of furan rings is 1. The van der Waals surface area contributed by atoms with Crippen LogP contribution >= 0.6 is 11.8 Å². The highest BCUT2D eigenvalue weighted by molar-refractivity contribution is 7.99. The Bertz CT molecular complexity index is 996. The monoisotopic (exact) mass is 376 g/mol. The molecule has 3 heterocycles. The summed E-state index contributed by atoms with van der Waals surface area (Å²) in [7, 11) is 0. The molecule has 1 aromatic carbocycles. The minimum Gasteiger partial charge on any atom is -0.467 e. The zero-order valence-corrected chi connectivity index (χ0v) is 15.9. The van der Waals surface area contributed by atoms with Crippen molar-refractivity contribution in [1.82, 2.24) is 19.7 Å². The lowest BCUT2D eigenvalue weighted by Crippen LogP contribution is -2.04. The van der Waals surface area contributed by atoms with Gasteiger partial charge in [0.2, 0.25) is 0 Å². The maximum absolute atomic E-state index is 5.56. The molecule has 0 spiro atoms. The van der Waals surface area contributed by atoms with E-state index in [4.69, 9.17) is 4.42 Å². The Hall–Kier alpha value is -2.86. The van der Waals surface area contributed by atoms with Crippen molar-refractivity contribution in [3.63, 3.8) is 0 Å². The number of benzene rings is 1. The fourth-order valence-corrected chi connectivity index (χ4v) is 3.83. The van der Waals surface area contributed by atoms with E-state index in [1.165, 1.54) is 11.1 Å². The van der Waals surface area contributed by atoms with Crippen LogP contribution in [0, 0.1) is 6.92 Å². The van der Waals surface area contributed by atoms with E-state index >= 15 is 0 Å². The van der Waals surface area contributed by atoms with E-state index in [1.54, 1.807) is 18.0 Å². The Morgan fingerprint density at radius 1 is 1.04 bits per heavy atom. The molecule has 3 aromatic heterocycles. The van der Waals surface area contributed by atoms with Crippen molar-refractivity contribution >= 4 is 11.8 Å². The van der Waals surface area contributed by atoms with Crippen LogP contribution in [0.1, 0.15) is 16.9 Å². The average Bonchev–Trinajstić information content (AvgIpc) is 3.34. The van der Waals surface area contributed by atoms with Crippen LogP contribution in [-0.2, 0) is 13.0 Å². The summed E-state index contributed by atoms with van der Waals surface area (Å²) in [6.45, 7) is 2.70. The molecule has 4 aromatic rings. The highest BCUT2D eigenvalue weighted by atomic mass is 32.2. The Kier molecular flexibility index (Phi) is 5.34. The van der Waals surface area contributed by atoms with E-state index in [-0.39, 0.29) is 0 Å². The van der Waals surface area contributed by atoms with Crippen LogP contribution in [0.4, 0.5) is 0 Å². The predicted molar refractivity (Wildman–Crippen MR) is 107 cm³/mol. The van der Waals surface area contributed by atoms with Crippen LogP contribution in [0.5, 0.6) is 0 Å². The molecule has 0 aliphatic rings. The third-order valence-corrected chi connectivity index (χ3v) is 5.23. The van der Waals surface area contributed by atoms with Gasteiger partial charge in [-0.15, -0.1) is 10.2 Å². The minimum absolute atomic E-state index is 0.612. The maximum atomic E-state index is 5.56. The lowest BCUT2D eigenvalue weighted by Gasteiger charge is -2.09. The number of rotatable bonds is 7. The lowest BCUT2D eigenvalue weighted by atomic mass is 10.1. The van der Waals surface area contributed by atoms with Gasteiger partial charge in [0.15, 0.2) is 11.0 Å². The SMILES string of the molecule is Cc1cccc(-c2nnc(SCCc3ccncc3)n2Cc2ccco2)c1. The minimum atomic E-state index is 0.612. The van der Waals surface area contributed by atoms with Crippen molar-refractivity contribution in [2.45, 2.75) is 25.0 Å². The van der Waals surface area contributed by atoms with Crippen LogP contribution < -0.4 is 0 Å². The molecule has 0 aliphatic carbocycles. The largest absolute Gasteiger partial charge is 0.467 e. The van der Waals surface area contributed by atoms with Gasteiger partial charge in [-0.3, -0.25) is 9.55 Å². The molecular formula is C21H20N4OS. The van der Waals surface area contributed by atoms with Crippen LogP contribution in [0.15, 0.2) is 76.8 Å². The molecule has 0 amide bonds. The molecule has 5 nitrogen and oxygen atoms in total. The second-order valence-corrected chi connectivity index (χ2v) is 7.36. The summed E-state index contributed by atoms with van der Waals surface area (Å²) >= 11 is 1.71. The first kappa shape index (κ1) is 17.5. The van der Waals surface area contributed by atoms with E-state index < -0.39 is 0 Å². The first-order valence-corrected chi connectivity index (χ1v) is 9.82. The van der Waals surface area contributed by atoms with Gasteiger partial charge in [-0.2, -0.15) is 0 Å². The quantitative estimate of drug-likeness (QED) is 0.440. The van der Waals surface area contributed by atoms with Gasteiger partial charge in [0, 0.05) is 23.7 Å². The van der Waals surface area contributed by atoms with E-state index in [0.717, 1.165) is 34.5 Å². The summed E-state index contributed by atoms with van der Waals surface area (Å²) in [5.74, 6) is 2.68. The van der Waals surface area contributed by atoms with Crippen LogP contribution in [0.3, 0.4) is 0 Å². The second-order valence-electron chi connectivity index (χ2n) is 6.30. The summed E-state index contributed by atoms with van der Waals surface area (Å²) in [6.07, 6.45) is 6.31. The van der Waals surface area contributed by atoms with Crippen molar-refractivity contribution < 1.29 is 4.42 Å².